The number of amides is 4. The van der Waals surface area contributed by atoms with Crippen LogP contribution in [0.4, 0.5) is 13.2 Å². The zero-order valence-corrected chi connectivity index (χ0v) is 22.9. The summed E-state index contributed by atoms with van der Waals surface area (Å²) < 4.78 is 41.5. The fourth-order valence-corrected chi connectivity index (χ4v) is 4.67. The molecular formula is C28H37F3N4O5. The van der Waals surface area contributed by atoms with Crippen LogP contribution in [-0.4, -0.2) is 60.3 Å². The number of hydrogen-bond donors (Lipinski definition) is 4. The molecule has 3 unspecified atom stereocenters. The van der Waals surface area contributed by atoms with Crippen molar-refractivity contribution in [3.05, 3.63) is 35.9 Å². The average molecular weight is 567 g/mol. The van der Waals surface area contributed by atoms with Gasteiger partial charge in [-0.25, -0.2) is 0 Å². The van der Waals surface area contributed by atoms with Crippen LogP contribution in [0.5, 0.6) is 0 Å². The van der Waals surface area contributed by atoms with Crippen LogP contribution in [0.2, 0.25) is 0 Å². The molecule has 0 aromatic heterocycles. The van der Waals surface area contributed by atoms with Crippen molar-refractivity contribution in [1.29, 1.82) is 0 Å². The lowest BCUT2D eigenvalue weighted by atomic mass is 9.87. The Morgan fingerprint density at radius 1 is 0.975 bits per heavy atom. The summed E-state index contributed by atoms with van der Waals surface area (Å²) in [6.07, 6.45) is -3.81. The van der Waals surface area contributed by atoms with E-state index in [0.717, 1.165) is 12.8 Å². The van der Waals surface area contributed by atoms with Gasteiger partial charge in [0.15, 0.2) is 0 Å². The van der Waals surface area contributed by atoms with Gasteiger partial charge < -0.3 is 21.3 Å². The van der Waals surface area contributed by atoms with Crippen LogP contribution in [-0.2, 0) is 24.0 Å². The minimum Gasteiger partial charge on any atom is -0.356 e. The van der Waals surface area contributed by atoms with Gasteiger partial charge in [-0.2, -0.15) is 13.2 Å². The molecular weight excluding hydrogens is 529 g/mol. The van der Waals surface area contributed by atoms with E-state index in [-0.39, 0.29) is 30.4 Å². The molecule has 1 saturated carbocycles. The average Bonchev–Trinajstić information content (AvgIpc) is 3.59. The number of Topliss-reactive ketones (excluding diaryl/α,β-unsaturated/α-hetero) is 1. The first kappa shape index (κ1) is 31.1. The molecule has 0 radical (unpaired) electrons. The molecule has 12 heteroatoms. The smallest absolute Gasteiger partial charge is 0.356 e. The number of carbonyl (C=O) groups is 5. The van der Waals surface area contributed by atoms with Gasteiger partial charge in [0.2, 0.25) is 23.5 Å². The molecule has 2 aliphatic rings. The minimum atomic E-state index is -4.70. The Kier molecular flexibility index (Phi) is 9.96. The molecule has 4 N–H and O–H groups in total. The molecule has 4 atom stereocenters. The Morgan fingerprint density at radius 3 is 2.15 bits per heavy atom. The van der Waals surface area contributed by atoms with Crippen LogP contribution in [0.15, 0.2) is 30.3 Å². The van der Waals surface area contributed by atoms with E-state index in [1.165, 1.54) is 24.3 Å². The van der Waals surface area contributed by atoms with Gasteiger partial charge in [0, 0.05) is 24.9 Å². The number of alkyl halides is 3. The number of ketones is 1. The second kappa shape index (κ2) is 12.8. The summed E-state index contributed by atoms with van der Waals surface area (Å²) >= 11 is 0. The van der Waals surface area contributed by atoms with Crippen LogP contribution < -0.4 is 21.3 Å². The van der Waals surface area contributed by atoms with Crippen molar-refractivity contribution < 1.29 is 37.1 Å². The van der Waals surface area contributed by atoms with Crippen LogP contribution in [0.3, 0.4) is 0 Å². The highest BCUT2D eigenvalue weighted by Crippen LogP contribution is 2.37. The predicted molar refractivity (Wildman–Crippen MR) is 140 cm³/mol. The molecule has 1 aromatic carbocycles. The Hall–Kier alpha value is -3.44. The lowest BCUT2D eigenvalue weighted by Gasteiger charge is -2.29. The zero-order valence-electron chi connectivity index (χ0n) is 22.9. The quantitative estimate of drug-likeness (QED) is 0.289. The highest BCUT2D eigenvalue weighted by atomic mass is 19.4. The number of halogens is 3. The summed E-state index contributed by atoms with van der Waals surface area (Å²) in [5.41, 5.74) is -0.615. The summed E-state index contributed by atoms with van der Waals surface area (Å²) in [7, 11) is 0. The Morgan fingerprint density at radius 2 is 1.62 bits per heavy atom. The summed E-state index contributed by atoms with van der Waals surface area (Å²) in [4.78, 5) is 64.0. The fraction of sp³-hybridized carbons (Fsp3) is 0.607. The maximum atomic E-state index is 13.8. The van der Waals surface area contributed by atoms with E-state index in [2.05, 4.69) is 21.3 Å². The molecule has 3 rings (SSSR count). The fourth-order valence-electron chi connectivity index (χ4n) is 4.67. The van der Waals surface area contributed by atoms with Crippen molar-refractivity contribution >= 4 is 29.4 Å². The van der Waals surface area contributed by atoms with Gasteiger partial charge in [-0.3, -0.25) is 24.0 Å². The van der Waals surface area contributed by atoms with E-state index in [0.29, 0.717) is 13.0 Å². The molecule has 40 heavy (non-hydrogen) atoms. The monoisotopic (exact) mass is 566 g/mol. The van der Waals surface area contributed by atoms with Crippen LogP contribution in [0.25, 0.3) is 0 Å². The third-order valence-electron chi connectivity index (χ3n) is 6.91. The van der Waals surface area contributed by atoms with Gasteiger partial charge in [-0.15, -0.1) is 0 Å². The number of hydrogen-bond acceptors (Lipinski definition) is 5. The standard InChI is InChI=1S/C28H37F3N4O5/c1-27(2,3)15-21(34-22(36)14-19(28(29,30)31)16-7-5-4-6-8-16)25(39)35-20(13-17-11-12-32-24(17)38)23(37)26(40)33-18-9-10-18/h4-8,17-21H,9-15H2,1-3H3,(H,32,38)(H,33,40)(H,34,36)(H,35,39)/t17?,19?,20?,21-/m0/s1. The van der Waals surface area contributed by atoms with E-state index in [1.807, 2.05) is 0 Å². The zero-order chi connectivity index (χ0) is 29.7. The maximum absolute atomic E-state index is 13.8. The molecule has 9 nitrogen and oxygen atoms in total. The van der Waals surface area contributed by atoms with Crippen molar-refractivity contribution in [3.8, 4) is 0 Å². The molecule has 1 aromatic rings. The minimum absolute atomic E-state index is 0.0473. The topological polar surface area (TPSA) is 133 Å². The molecule has 1 aliphatic carbocycles. The highest BCUT2D eigenvalue weighted by Gasteiger charge is 2.43. The lowest BCUT2D eigenvalue weighted by molar-refractivity contribution is -0.157. The molecule has 0 bridgehead atoms. The Labute approximate surface area is 231 Å². The molecule has 1 aliphatic heterocycles. The normalized spacial score (nSPS) is 19.6. The van der Waals surface area contributed by atoms with E-state index in [4.69, 9.17) is 0 Å². The second-order valence-corrected chi connectivity index (χ2v) is 11.8. The predicted octanol–water partition coefficient (Wildman–Crippen LogP) is 2.50. The molecule has 2 fully saturated rings. The highest BCUT2D eigenvalue weighted by molar-refractivity contribution is 6.38. The lowest BCUT2D eigenvalue weighted by Crippen LogP contribution is -2.55. The Bertz CT molecular complexity index is 1100. The van der Waals surface area contributed by atoms with Crippen molar-refractivity contribution in [2.75, 3.05) is 6.54 Å². The third-order valence-corrected chi connectivity index (χ3v) is 6.91. The summed E-state index contributed by atoms with van der Waals surface area (Å²) in [6.45, 7) is 5.76. The van der Waals surface area contributed by atoms with Crippen molar-refractivity contribution in [2.24, 2.45) is 11.3 Å². The summed E-state index contributed by atoms with van der Waals surface area (Å²) in [5.74, 6) is -6.57. The van der Waals surface area contributed by atoms with E-state index in [1.54, 1.807) is 26.8 Å². The number of rotatable bonds is 12. The number of nitrogens with one attached hydrogen (secondary N) is 4. The van der Waals surface area contributed by atoms with Gasteiger partial charge >= 0.3 is 6.18 Å². The molecule has 4 amide bonds. The molecule has 1 saturated heterocycles. The second-order valence-electron chi connectivity index (χ2n) is 11.8. The first-order chi connectivity index (χ1) is 18.6. The third kappa shape index (κ3) is 9.34. The molecule has 0 spiro atoms. The summed E-state index contributed by atoms with van der Waals surface area (Å²) in [6, 6.07) is 4.30. The van der Waals surface area contributed by atoms with Crippen LogP contribution >= 0.6 is 0 Å². The van der Waals surface area contributed by atoms with E-state index < -0.39 is 65.4 Å². The van der Waals surface area contributed by atoms with Crippen molar-refractivity contribution in [3.63, 3.8) is 0 Å². The first-order valence-corrected chi connectivity index (χ1v) is 13.5. The first-order valence-electron chi connectivity index (χ1n) is 13.5. The van der Waals surface area contributed by atoms with E-state index in [9.17, 15) is 37.1 Å². The SMILES string of the molecule is CC(C)(C)C[C@H](NC(=O)CC(c1ccccc1)C(F)(F)F)C(=O)NC(CC1CCNC1=O)C(=O)C(=O)NC1CC1. The van der Waals surface area contributed by atoms with Gasteiger partial charge in [-0.05, 0) is 43.1 Å². The van der Waals surface area contributed by atoms with Crippen molar-refractivity contribution in [2.45, 2.75) is 89.5 Å². The van der Waals surface area contributed by atoms with Gasteiger partial charge in [0.05, 0.1) is 12.0 Å². The van der Waals surface area contributed by atoms with E-state index >= 15 is 0 Å². The molecule has 1 heterocycles. The van der Waals surface area contributed by atoms with Gasteiger partial charge in [-0.1, -0.05) is 51.1 Å². The van der Waals surface area contributed by atoms with Crippen LogP contribution in [0.1, 0.15) is 70.8 Å². The van der Waals surface area contributed by atoms with Crippen molar-refractivity contribution in [1.82, 2.24) is 21.3 Å². The number of benzene rings is 1. The van der Waals surface area contributed by atoms with Gasteiger partial charge in [0.25, 0.3) is 5.91 Å². The summed E-state index contributed by atoms with van der Waals surface area (Å²) in [5, 5.41) is 10.2. The maximum Gasteiger partial charge on any atom is 0.396 e. The Balaban J connectivity index is 1.77. The number of carbonyl (C=O) groups excluding carboxylic acids is 5. The largest absolute Gasteiger partial charge is 0.396 e. The van der Waals surface area contributed by atoms with Crippen LogP contribution in [0, 0.1) is 11.3 Å². The van der Waals surface area contributed by atoms with Gasteiger partial charge in [0.1, 0.15) is 6.04 Å². The molecule has 220 valence electrons.